The lowest BCUT2D eigenvalue weighted by molar-refractivity contribution is -0.130. The number of benzene rings is 5. The van der Waals surface area contributed by atoms with E-state index >= 15 is 14.4 Å². The summed E-state index contributed by atoms with van der Waals surface area (Å²) in [6, 6.07) is 40.7. The molecule has 1 saturated carbocycles. The number of Topliss-reactive ketones (excluding diaryl/α,β-unsaturated/α-hetero) is 1. The third-order valence-electron chi connectivity index (χ3n) is 10.3. The van der Waals surface area contributed by atoms with Crippen molar-refractivity contribution in [1.82, 2.24) is 0 Å². The summed E-state index contributed by atoms with van der Waals surface area (Å²) in [5.41, 5.74) is 1.68. The number of methoxy groups -OCH3 is 2. The van der Waals surface area contributed by atoms with Gasteiger partial charge in [0.05, 0.1) is 42.6 Å². The molecule has 5 aromatic carbocycles. The highest BCUT2D eigenvalue weighted by molar-refractivity contribution is 6.39. The number of carbonyl (C=O) groups excluding carboxylic acids is 3. The summed E-state index contributed by atoms with van der Waals surface area (Å²) in [6.07, 6.45) is 0. The Bertz CT molecular complexity index is 1980. The van der Waals surface area contributed by atoms with Gasteiger partial charge < -0.3 is 9.47 Å². The zero-order valence-corrected chi connectivity index (χ0v) is 27.0. The number of ether oxygens (including phenoxy) is 2. The highest BCUT2D eigenvalue weighted by atomic mass is 35.5. The molecule has 0 N–H and O–H groups in total. The Labute approximate surface area is 283 Å². The molecule has 7 heteroatoms. The van der Waals surface area contributed by atoms with Gasteiger partial charge in [0, 0.05) is 5.02 Å². The van der Waals surface area contributed by atoms with E-state index in [0.717, 1.165) is 11.1 Å². The predicted octanol–water partition coefficient (Wildman–Crippen LogP) is 7.55. The van der Waals surface area contributed by atoms with Crippen LogP contribution in [0.15, 0.2) is 133 Å². The number of amides is 2. The van der Waals surface area contributed by atoms with Crippen molar-refractivity contribution in [1.29, 1.82) is 0 Å². The molecule has 0 aromatic heterocycles. The molecule has 48 heavy (non-hydrogen) atoms. The van der Waals surface area contributed by atoms with Crippen LogP contribution in [0.25, 0.3) is 11.1 Å². The van der Waals surface area contributed by atoms with Crippen molar-refractivity contribution in [3.63, 3.8) is 0 Å². The fraction of sp³-hybridized carbons (Fsp3) is 0.146. The van der Waals surface area contributed by atoms with E-state index in [2.05, 4.69) is 0 Å². The van der Waals surface area contributed by atoms with E-state index in [1.165, 1.54) is 4.90 Å². The summed E-state index contributed by atoms with van der Waals surface area (Å²) in [7, 11) is 3.21. The van der Waals surface area contributed by atoms with Gasteiger partial charge in [-0.05, 0) is 81.9 Å². The van der Waals surface area contributed by atoms with Gasteiger partial charge in [0.1, 0.15) is 11.5 Å². The molecule has 0 unspecified atom stereocenters. The first-order chi connectivity index (χ1) is 23.4. The molecule has 6 nitrogen and oxygen atoms in total. The number of hydrogen-bond donors (Lipinski definition) is 0. The van der Waals surface area contributed by atoms with E-state index in [1.807, 2.05) is 109 Å². The maximum Gasteiger partial charge on any atom is 0.239 e. The van der Waals surface area contributed by atoms with Crippen LogP contribution >= 0.6 is 11.6 Å². The highest BCUT2D eigenvalue weighted by Gasteiger charge is 2.82. The van der Waals surface area contributed by atoms with Crippen LogP contribution in [-0.4, -0.2) is 31.8 Å². The summed E-state index contributed by atoms with van der Waals surface area (Å²) in [5, 5.41) is 0.486. The van der Waals surface area contributed by atoms with Crippen LogP contribution in [0.4, 0.5) is 5.69 Å². The van der Waals surface area contributed by atoms with Crippen LogP contribution in [0.1, 0.15) is 22.3 Å². The van der Waals surface area contributed by atoms with Gasteiger partial charge in [-0.3, -0.25) is 14.4 Å². The Morgan fingerprint density at radius 2 is 0.938 bits per heavy atom. The van der Waals surface area contributed by atoms with Crippen LogP contribution in [0, 0.1) is 11.8 Å². The highest BCUT2D eigenvalue weighted by Crippen LogP contribution is 2.74. The number of carbonyl (C=O) groups is 3. The Kier molecular flexibility index (Phi) is 6.90. The molecule has 2 amide bonds. The number of hydrogen-bond acceptors (Lipinski definition) is 5. The van der Waals surface area contributed by atoms with E-state index in [-0.39, 0.29) is 5.78 Å². The number of allylic oxidation sites excluding steroid dienone is 2. The average Bonchev–Trinajstić information content (AvgIpc) is 3.65. The standard InChI is InChI=1S/C41H30ClNO5/c1-47-31-21-13-25(14-22-31)33-34(26-15-23-32(48-2)24-16-26)41(28-11-7-4-8-12-28)36-35(40(33,39(41)46)27-9-5-3-6-10-27)37(44)43(38(36)45)30-19-17-29(42)18-20-30/h3-24,35-36H,1-2H3/t35-,36-,40-,41+/m1/s1. The van der Waals surface area contributed by atoms with Gasteiger partial charge in [-0.2, -0.15) is 0 Å². The lowest BCUT2D eigenvalue weighted by Gasteiger charge is -2.39. The lowest BCUT2D eigenvalue weighted by atomic mass is 9.59. The Morgan fingerprint density at radius 3 is 1.31 bits per heavy atom. The number of fused-ring (bicyclic) bond motifs is 5. The SMILES string of the molecule is COc1ccc(C2=C(c3ccc(OC)cc3)[C@@]3(c4ccccc4)C(=O)[C@]2(c2ccccc2)[C@H]2C(=O)N(c4ccc(Cl)cc4)C(=O)[C@@H]23)cc1. The molecule has 1 heterocycles. The maximum absolute atomic E-state index is 16.0. The molecule has 0 radical (unpaired) electrons. The van der Waals surface area contributed by atoms with Crippen molar-refractivity contribution in [2.75, 3.05) is 19.1 Å². The second-order valence-electron chi connectivity index (χ2n) is 12.3. The monoisotopic (exact) mass is 651 g/mol. The fourth-order valence-corrected chi connectivity index (χ4v) is 8.61. The Hall–Kier alpha value is -5.46. The van der Waals surface area contributed by atoms with Gasteiger partial charge in [0.15, 0.2) is 5.78 Å². The summed E-state index contributed by atoms with van der Waals surface area (Å²) >= 11 is 6.23. The predicted molar refractivity (Wildman–Crippen MR) is 185 cm³/mol. The molecule has 2 fully saturated rings. The molecule has 1 aliphatic heterocycles. The van der Waals surface area contributed by atoms with Crippen LogP contribution in [0.5, 0.6) is 11.5 Å². The van der Waals surface area contributed by atoms with Crippen LogP contribution < -0.4 is 14.4 Å². The van der Waals surface area contributed by atoms with Gasteiger partial charge in [0.2, 0.25) is 11.8 Å². The molecule has 1 saturated heterocycles. The largest absolute Gasteiger partial charge is 0.497 e. The van der Waals surface area contributed by atoms with Gasteiger partial charge in [-0.1, -0.05) is 96.5 Å². The number of ketones is 1. The minimum atomic E-state index is -1.50. The Morgan fingerprint density at radius 1 is 0.542 bits per heavy atom. The van der Waals surface area contributed by atoms with E-state index in [9.17, 15) is 0 Å². The van der Waals surface area contributed by atoms with Crippen molar-refractivity contribution >= 4 is 46.0 Å². The first-order valence-corrected chi connectivity index (χ1v) is 16.1. The van der Waals surface area contributed by atoms with Gasteiger partial charge in [-0.15, -0.1) is 0 Å². The Balaban J connectivity index is 1.54. The zero-order valence-electron chi connectivity index (χ0n) is 26.2. The van der Waals surface area contributed by atoms with Crippen molar-refractivity contribution in [2.24, 2.45) is 11.8 Å². The van der Waals surface area contributed by atoms with Crippen LogP contribution in [-0.2, 0) is 25.2 Å². The number of anilines is 1. The average molecular weight is 652 g/mol. The van der Waals surface area contributed by atoms with Crippen molar-refractivity contribution in [3.05, 3.63) is 161 Å². The molecule has 3 aliphatic rings. The minimum Gasteiger partial charge on any atom is -0.497 e. The van der Waals surface area contributed by atoms with Crippen LogP contribution in [0.2, 0.25) is 5.02 Å². The second-order valence-corrected chi connectivity index (χ2v) is 12.8. The maximum atomic E-state index is 16.0. The van der Waals surface area contributed by atoms with Crippen molar-refractivity contribution in [2.45, 2.75) is 10.8 Å². The molecular formula is C41H30ClNO5. The van der Waals surface area contributed by atoms with E-state index < -0.39 is 34.5 Å². The molecule has 0 spiro atoms. The molecular weight excluding hydrogens is 622 g/mol. The van der Waals surface area contributed by atoms with Crippen molar-refractivity contribution in [3.8, 4) is 11.5 Å². The summed E-state index contributed by atoms with van der Waals surface area (Å²) in [5.74, 6) is -1.74. The summed E-state index contributed by atoms with van der Waals surface area (Å²) < 4.78 is 11.0. The first kappa shape index (κ1) is 29.9. The number of imide groups is 1. The first-order valence-electron chi connectivity index (χ1n) is 15.7. The van der Waals surface area contributed by atoms with E-state index in [0.29, 0.717) is 44.5 Å². The van der Waals surface area contributed by atoms with Gasteiger partial charge in [0.25, 0.3) is 0 Å². The topological polar surface area (TPSA) is 72.9 Å². The van der Waals surface area contributed by atoms with Gasteiger partial charge in [-0.25, -0.2) is 4.90 Å². The quantitative estimate of drug-likeness (QED) is 0.170. The van der Waals surface area contributed by atoms with Crippen molar-refractivity contribution < 1.29 is 23.9 Å². The molecule has 4 atom stereocenters. The summed E-state index contributed by atoms with van der Waals surface area (Å²) in [4.78, 5) is 47.3. The molecule has 236 valence electrons. The molecule has 5 aromatic rings. The number of rotatable bonds is 7. The molecule has 2 bridgehead atoms. The normalized spacial score (nSPS) is 24.3. The van der Waals surface area contributed by atoms with E-state index in [1.54, 1.807) is 38.5 Å². The second kappa shape index (κ2) is 11.1. The third-order valence-corrected chi connectivity index (χ3v) is 10.5. The lowest BCUT2D eigenvalue weighted by Crippen LogP contribution is -2.45. The smallest absolute Gasteiger partial charge is 0.239 e. The molecule has 8 rings (SSSR count). The summed E-state index contributed by atoms with van der Waals surface area (Å²) in [6.45, 7) is 0. The van der Waals surface area contributed by atoms with Crippen LogP contribution in [0.3, 0.4) is 0 Å². The fourth-order valence-electron chi connectivity index (χ4n) is 8.48. The third kappa shape index (κ3) is 3.84. The van der Waals surface area contributed by atoms with E-state index in [4.69, 9.17) is 21.1 Å². The number of halogens is 1. The molecule has 2 aliphatic carbocycles. The minimum absolute atomic E-state index is 0.184. The number of nitrogens with zero attached hydrogens (tertiary/aromatic N) is 1. The van der Waals surface area contributed by atoms with Gasteiger partial charge >= 0.3 is 0 Å². The zero-order chi connectivity index (χ0) is 33.2.